The Morgan fingerprint density at radius 3 is 2.23 bits per heavy atom. The zero-order valence-corrected chi connectivity index (χ0v) is 21.3. The fraction of sp³-hybridized carbons (Fsp3) is 0.538. The number of amides is 4. The summed E-state index contributed by atoms with van der Waals surface area (Å²) in [5.74, 6) is 0.759. The Morgan fingerprint density at radius 2 is 1.74 bits per heavy atom. The maximum atomic E-state index is 13.7. The first-order valence-corrected chi connectivity index (χ1v) is 11.9. The van der Waals surface area contributed by atoms with Gasteiger partial charge in [-0.25, -0.2) is 4.79 Å². The molecule has 0 saturated heterocycles. The van der Waals surface area contributed by atoms with Crippen molar-refractivity contribution in [3.05, 3.63) is 35.4 Å². The lowest BCUT2D eigenvalue weighted by Gasteiger charge is -2.34. The van der Waals surface area contributed by atoms with Gasteiger partial charge in [0, 0.05) is 18.7 Å². The summed E-state index contributed by atoms with van der Waals surface area (Å²) in [6.45, 7) is 9.55. The lowest BCUT2D eigenvalue weighted by atomic mass is 10.0. The highest BCUT2D eigenvalue weighted by Gasteiger charge is 2.36. The molecule has 0 fully saturated rings. The van der Waals surface area contributed by atoms with E-state index in [2.05, 4.69) is 16.6 Å². The molecule has 9 heteroatoms. The quantitative estimate of drug-likeness (QED) is 0.309. The van der Waals surface area contributed by atoms with Crippen LogP contribution in [0.3, 0.4) is 0 Å². The molecule has 0 spiro atoms. The van der Waals surface area contributed by atoms with Crippen LogP contribution in [-0.4, -0.2) is 53.4 Å². The Labute approximate surface area is 208 Å². The number of hydrogen-bond donors (Lipinski definition) is 3. The normalized spacial score (nSPS) is 12.6. The molecule has 0 aliphatic rings. The fourth-order valence-corrected chi connectivity index (χ4v) is 3.38. The van der Waals surface area contributed by atoms with Gasteiger partial charge in [0.25, 0.3) is 0 Å². The van der Waals surface area contributed by atoms with E-state index < -0.39 is 42.0 Å². The van der Waals surface area contributed by atoms with Crippen LogP contribution in [0.15, 0.2) is 24.3 Å². The first-order chi connectivity index (χ1) is 16.4. The van der Waals surface area contributed by atoms with Crippen molar-refractivity contribution in [1.29, 1.82) is 0 Å². The Balaban J connectivity index is 3.40. The molecule has 35 heavy (non-hydrogen) atoms. The second kappa shape index (κ2) is 14.0. The van der Waals surface area contributed by atoms with Gasteiger partial charge >= 0.3 is 6.09 Å². The molecule has 192 valence electrons. The Bertz CT molecular complexity index is 915. The van der Waals surface area contributed by atoms with Crippen molar-refractivity contribution in [2.45, 2.75) is 78.0 Å². The maximum Gasteiger partial charge on any atom is 0.408 e. The van der Waals surface area contributed by atoms with Crippen molar-refractivity contribution in [2.75, 3.05) is 13.1 Å². The van der Waals surface area contributed by atoms with Gasteiger partial charge in [-0.05, 0) is 51.3 Å². The number of carbonyl (C=O) groups is 4. The zero-order valence-electron chi connectivity index (χ0n) is 21.3. The third kappa shape index (κ3) is 10.1. The highest BCUT2D eigenvalue weighted by Crippen LogP contribution is 2.24. The summed E-state index contributed by atoms with van der Waals surface area (Å²) < 4.78 is 5.25. The van der Waals surface area contributed by atoms with Crippen LogP contribution in [0.2, 0.25) is 0 Å². The van der Waals surface area contributed by atoms with Crippen LogP contribution in [0.1, 0.15) is 77.5 Å². The molecule has 0 bridgehead atoms. The number of carbonyl (C=O) groups excluding carboxylic acids is 4. The summed E-state index contributed by atoms with van der Waals surface area (Å²) in [5, 5.41) is 5.33. The van der Waals surface area contributed by atoms with E-state index in [0.29, 0.717) is 24.1 Å². The largest absolute Gasteiger partial charge is 0.444 e. The summed E-state index contributed by atoms with van der Waals surface area (Å²) in [4.78, 5) is 52.5. The third-order valence-electron chi connectivity index (χ3n) is 4.92. The molecular formula is C26H38N4O5. The highest BCUT2D eigenvalue weighted by molar-refractivity contribution is 5.94. The summed E-state index contributed by atoms with van der Waals surface area (Å²) in [7, 11) is 0. The molecule has 1 aromatic carbocycles. The summed E-state index contributed by atoms with van der Waals surface area (Å²) in [6.07, 6.45) is 6.35. The summed E-state index contributed by atoms with van der Waals surface area (Å²) in [6, 6.07) is 4.47. The Kier molecular flexibility index (Phi) is 11.8. The van der Waals surface area contributed by atoms with E-state index in [9.17, 15) is 19.2 Å². The number of hydrogen-bond acceptors (Lipinski definition) is 5. The van der Waals surface area contributed by atoms with E-state index >= 15 is 0 Å². The van der Waals surface area contributed by atoms with Crippen LogP contribution < -0.4 is 16.4 Å². The number of alkyl carbamates (subject to hydrolysis) is 1. The molecule has 0 saturated carbocycles. The van der Waals surface area contributed by atoms with Crippen molar-refractivity contribution < 1.29 is 23.9 Å². The Morgan fingerprint density at radius 1 is 1.11 bits per heavy atom. The van der Waals surface area contributed by atoms with Crippen LogP contribution in [0.25, 0.3) is 0 Å². The number of ether oxygens (including phenoxy) is 1. The van der Waals surface area contributed by atoms with Crippen molar-refractivity contribution >= 4 is 23.8 Å². The average molecular weight is 487 g/mol. The van der Waals surface area contributed by atoms with Crippen LogP contribution in [0.5, 0.6) is 0 Å². The molecule has 0 aromatic heterocycles. The number of terminal acetylenes is 1. The van der Waals surface area contributed by atoms with Gasteiger partial charge in [-0.1, -0.05) is 38.3 Å². The molecule has 0 aliphatic heterocycles. The van der Waals surface area contributed by atoms with Gasteiger partial charge in [0.1, 0.15) is 17.7 Å². The van der Waals surface area contributed by atoms with Crippen LogP contribution in [0, 0.1) is 12.3 Å². The van der Waals surface area contributed by atoms with Crippen molar-refractivity contribution in [3.63, 3.8) is 0 Å². The van der Waals surface area contributed by atoms with E-state index in [-0.39, 0.29) is 12.5 Å². The third-order valence-corrected chi connectivity index (χ3v) is 4.92. The SMILES string of the molecule is C#Cc1ccc(C(C(=O)NCCCC)N(CCC)C(=O)C(CC(N)=O)NC(=O)OC(C)(C)C)cc1. The van der Waals surface area contributed by atoms with Gasteiger partial charge in [0.2, 0.25) is 17.7 Å². The van der Waals surface area contributed by atoms with E-state index in [1.165, 1.54) is 4.90 Å². The minimum Gasteiger partial charge on any atom is -0.444 e. The lowest BCUT2D eigenvalue weighted by Crippen LogP contribution is -2.54. The molecule has 0 aliphatic carbocycles. The molecule has 0 heterocycles. The number of nitrogens with zero attached hydrogens (tertiary/aromatic N) is 1. The molecule has 2 unspecified atom stereocenters. The van der Waals surface area contributed by atoms with Crippen LogP contribution >= 0.6 is 0 Å². The molecular weight excluding hydrogens is 448 g/mol. The van der Waals surface area contributed by atoms with Crippen LogP contribution in [-0.2, 0) is 19.1 Å². The predicted octanol–water partition coefficient (Wildman–Crippen LogP) is 2.63. The fourth-order valence-electron chi connectivity index (χ4n) is 3.38. The summed E-state index contributed by atoms with van der Waals surface area (Å²) >= 11 is 0. The number of benzene rings is 1. The maximum absolute atomic E-state index is 13.7. The number of unbranched alkanes of at least 4 members (excludes halogenated alkanes) is 1. The zero-order chi connectivity index (χ0) is 26.6. The smallest absolute Gasteiger partial charge is 0.408 e. The van der Waals surface area contributed by atoms with Crippen molar-refractivity contribution in [3.8, 4) is 12.3 Å². The molecule has 2 atom stereocenters. The van der Waals surface area contributed by atoms with Gasteiger partial charge in [-0.15, -0.1) is 6.42 Å². The van der Waals surface area contributed by atoms with Gasteiger partial charge < -0.3 is 26.0 Å². The Hall–Kier alpha value is -3.54. The first-order valence-electron chi connectivity index (χ1n) is 11.9. The first kappa shape index (κ1) is 29.5. The van der Waals surface area contributed by atoms with Crippen molar-refractivity contribution in [2.24, 2.45) is 5.73 Å². The molecule has 4 amide bonds. The van der Waals surface area contributed by atoms with E-state index in [0.717, 1.165) is 12.8 Å². The van der Waals surface area contributed by atoms with Crippen molar-refractivity contribution in [1.82, 2.24) is 15.5 Å². The number of rotatable bonds is 12. The number of nitrogens with one attached hydrogen (secondary N) is 2. The minimum absolute atomic E-state index is 0.201. The van der Waals surface area contributed by atoms with Crippen LogP contribution in [0.4, 0.5) is 4.79 Å². The minimum atomic E-state index is -1.30. The second-order valence-electron chi connectivity index (χ2n) is 9.21. The lowest BCUT2D eigenvalue weighted by molar-refractivity contribution is -0.143. The second-order valence-corrected chi connectivity index (χ2v) is 9.21. The number of nitrogens with two attached hydrogens (primary N) is 1. The van der Waals surface area contributed by atoms with Gasteiger partial charge in [0.15, 0.2) is 0 Å². The van der Waals surface area contributed by atoms with E-state index in [1.807, 2.05) is 13.8 Å². The monoisotopic (exact) mass is 486 g/mol. The topological polar surface area (TPSA) is 131 Å². The number of primary amides is 1. The average Bonchev–Trinajstić information content (AvgIpc) is 2.77. The van der Waals surface area contributed by atoms with Gasteiger partial charge in [0.05, 0.1) is 6.42 Å². The van der Waals surface area contributed by atoms with Gasteiger partial charge in [-0.3, -0.25) is 14.4 Å². The molecule has 1 rings (SSSR count). The molecule has 0 radical (unpaired) electrons. The summed E-state index contributed by atoms with van der Waals surface area (Å²) in [5.41, 5.74) is 5.74. The standard InChI is InChI=1S/C26H38N4O5/c1-7-10-15-28-23(32)22(19-13-11-18(9-3)12-14-19)30(16-8-2)24(33)20(17-21(27)31)29-25(34)35-26(4,5)6/h3,11-14,20,22H,7-8,10,15-17H2,1-2,4-6H3,(H2,27,31)(H,28,32)(H,29,34). The molecule has 9 nitrogen and oxygen atoms in total. The van der Waals surface area contributed by atoms with Gasteiger partial charge in [-0.2, -0.15) is 0 Å². The predicted molar refractivity (Wildman–Crippen MR) is 134 cm³/mol. The molecule has 4 N–H and O–H groups in total. The van der Waals surface area contributed by atoms with E-state index in [1.54, 1.807) is 45.0 Å². The van der Waals surface area contributed by atoms with E-state index in [4.69, 9.17) is 16.9 Å². The highest BCUT2D eigenvalue weighted by atomic mass is 16.6. The molecule has 1 aromatic rings.